The molecule has 11 heteroatoms. The number of halogens is 2. The minimum Gasteiger partial charge on any atom is -0.347 e. The monoisotopic (exact) mass is 478 g/mol. The van der Waals surface area contributed by atoms with Gasteiger partial charge in [0.2, 0.25) is 27.6 Å². The van der Waals surface area contributed by atoms with Crippen LogP contribution in [0.5, 0.6) is 0 Å². The summed E-state index contributed by atoms with van der Waals surface area (Å²) in [4.78, 5) is 16.9. The Bertz CT molecular complexity index is 1200. The van der Waals surface area contributed by atoms with Crippen molar-refractivity contribution in [2.45, 2.75) is 24.3 Å². The van der Waals surface area contributed by atoms with E-state index in [0.29, 0.717) is 30.2 Å². The quantitative estimate of drug-likeness (QED) is 0.583. The van der Waals surface area contributed by atoms with Crippen LogP contribution in [0.2, 0.25) is 5.02 Å². The van der Waals surface area contributed by atoms with Gasteiger partial charge in [0.1, 0.15) is 5.82 Å². The molecule has 2 aromatic carbocycles. The number of aromatic nitrogens is 2. The van der Waals surface area contributed by atoms with Gasteiger partial charge in [0.25, 0.3) is 0 Å². The van der Waals surface area contributed by atoms with Crippen molar-refractivity contribution in [1.29, 1.82) is 0 Å². The van der Waals surface area contributed by atoms with Crippen LogP contribution >= 0.6 is 11.6 Å². The molecule has 3 aromatic rings. The van der Waals surface area contributed by atoms with Crippen LogP contribution in [0.15, 0.2) is 57.9 Å². The number of carbonyl (C=O) groups is 1. The molecule has 1 aromatic heterocycles. The maximum Gasteiger partial charge on any atom is 0.246 e. The summed E-state index contributed by atoms with van der Waals surface area (Å²) >= 11 is 5.87. The number of benzene rings is 2. The smallest absolute Gasteiger partial charge is 0.246 e. The highest BCUT2D eigenvalue weighted by Gasteiger charge is 2.33. The number of sulfonamides is 1. The van der Waals surface area contributed by atoms with Crippen molar-refractivity contribution >= 4 is 27.5 Å². The van der Waals surface area contributed by atoms with Crippen LogP contribution in [-0.4, -0.2) is 41.9 Å². The summed E-state index contributed by atoms with van der Waals surface area (Å²) in [6.45, 7) is 0.379. The predicted octanol–water partition coefficient (Wildman–Crippen LogP) is 3.25. The van der Waals surface area contributed by atoms with Gasteiger partial charge >= 0.3 is 0 Å². The molecule has 1 unspecified atom stereocenters. The average Bonchev–Trinajstić information content (AvgIpc) is 3.27. The summed E-state index contributed by atoms with van der Waals surface area (Å²) in [6.07, 6.45) is 1.10. The van der Waals surface area contributed by atoms with E-state index in [0.717, 1.165) is 17.7 Å². The van der Waals surface area contributed by atoms with Gasteiger partial charge in [0.15, 0.2) is 0 Å². The Labute approximate surface area is 189 Å². The van der Waals surface area contributed by atoms with E-state index in [1.54, 1.807) is 24.3 Å². The van der Waals surface area contributed by atoms with Crippen LogP contribution in [0.25, 0.3) is 11.4 Å². The molecule has 32 heavy (non-hydrogen) atoms. The van der Waals surface area contributed by atoms with E-state index >= 15 is 0 Å². The van der Waals surface area contributed by atoms with Crippen molar-refractivity contribution in [3.8, 4) is 11.4 Å². The summed E-state index contributed by atoms with van der Waals surface area (Å²) < 4.78 is 45.3. The molecular weight excluding hydrogens is 459 g/mol. The number of piperidine rings is 1. The van der Waals surface area contributed by atoms with Crippen LogP contribution in [0.1, 0.15) is 18.7 Å². The lowest BCUT2D eigenvalue weighted by Gasteiger charge is -2.31. The van der Waals surface area contributed by atoms with Crippen molar-refractivity contribution in [2.24, 2.45) is 5.92 Å². The highest BCUT2D eigenvalue weighted by Crippen LogP contribution is 2.24. The zero-order valence-corrected chi connectivity index (χ0v) is 18.4. The summed E-state index contributed by atoms with van der Waals surface area (Å²) in [5.41, 5.74) is 0.727. The van der Waals surface area contributed by atoms with Gasteiger partial charge in [0, 0.05) is 23.7 Å². The van der Waals surface area contributed by atoms with E-state index in [9.17, 15) is 17.6 Å². The molecule has 1 amide bonds. The summed E-state index contributed by atoms with van der Waals surface area (Å²) in [5.74, 6) is -0.719. The number of hydrogen-bond acceptors (Lipinski definition) is 6. The van der Waals surface area contributed by atoms with Gasteiger partial charge in [-0.3, -0.25) is 4.79 Å². The molecule has 0 radical (unpaired) electrons. The minimum absolute atomic E-state index is 0.000506. The first-order chi connectivity index (χ1) is 15.3. The molecule has 1 atom stereocenters. The molecule has 1 N–H and O–H groups in total. The Hall–Kier alpha value is -2.82. The van der Waals surface area contributed by atoms with E-state index < -0.39 is 21.8 Å². The SMILES string of the molecule is O=C(NCc1nc(-c2ccc(Cl)cc2)no1)C1CCCN(S(=O)(=O)c2ccc(F)cc2)C1. The second kappa shape index (κ2) is 9.35. The fourth-order valence-corrected chi connectivity index (χ4v) is 5.13. The highest BCUT2D eigenvalue weighted by molar-refractivity contribution is 7.89. The Kier molecular flexibility index (Phi) is 6.54. The van der Waals surface area contributed by atoms with Gasteiger partial charge in [-0.05, 0) is 61.4 Å². The first kappa shape index (κ1) is 22.4. The van der Waals surface area contributed by atoms with Gasteiger partial charge in [-0.15, -0.1) is 0 Å². The molecule has 0 aliphatic carbocycles. The van der Waals surface area contributed by atoms with E-state index in [4.69, 9.17) is 16.1 Å². The first-order valence-corrected chi connectivity index (χ1v) is 11.8. The van der Waals surface area contributed by atoms with Gasteiger partial charge in [0.05, 0.1) is 17.4 Å². The largest absolute Gasteiger partial charge is 0.347 e. The Balaban J connectivity index is 1.36. The molecule has 1 fully saturated rings. The standard InChI is InChI=1S/C21H20ClFN4O4S/c22-16-5-3-14(4-6-16)20-25-19(31-26-20)12-24-21(28)15-2-1-11-27(13-15)32(29,30)18-9-7-17(23)8-10-18/h3-10,15H,1-2,11-13H2,(H,24,28). The third kappa shape index (κ3) is 4.98. The lowest BCUT2D eigenvalue weighted by molar-refractivity contribution is -0.126. The molecule has 1 aliphatic heterocycles. The Morgan fingerprint density at radius 1 is 1.19 bits per heavy atom. The number of amides is 1. The zero-order valence-electron chi connectivity index (χ0n) is 16.9. The van der Waals surface area contributed by atoms with Crippen molar-refractivity contribution in [2.75, 3.05) is 13.1 Å². The molecule has 168 valence electrons. The van der Waals surface area contributed by atoms with E-state index in [2.05, 4.69) is 15.5 Å². The highest BCUT2D eigenvalue weighted by atomic mass is 35.5. The van der Waals surface area contributed by atoms with Crippen LogP contribution in [-0.2, 0) is 21.4 Å². The number of nitrogens with zero attached hydrogens (tertiary/aromatic N) is 3. The number of hydrogen-bond donors (Lipinski definition) is 1. The van der Waals surface area contributed by atoms with Gasteiger partial charge < -0.3 is 9.84 Å². The summed E-state index contributed by atoms with van der Waals surface area (Å²) in [6, 6.07) is 11.6. The van der Waals surface area contributed by atoms with Crippen molar-refractivity contribution in [3.05, 3.63) is 65.3 Å². The molecule has 2 heterocycles. The van der Waals surface area contributed by atoms with Crippen molar-refractivity contribution in [3.63, 3.8) is 0 Å². The maximum absolute atomic E-state index is 13.1. The van der Waals surface area contributed by atoms with Gasteiger partial charge in [-0.2, -0.15) is 9.29 Å². The molecule has 0 bridgehead atoms. The zero-order chi connectivity index (χ0) is 22.7. The Morgan fingerprint density at radius 3 is 2.62 bits per heavy atom. The Morgan fingerprint density at radius 2 is 1.91 bits per heavy atom. The summed E-state index contributed by atoms with van der Waals surface area (Å²) in [5, 5.41) is 7.22. The van der Waals surface area contributed by atoms with E-state index in [1.807, 2.05) is 0 Å². The van der Waals surface area contributed by atoms with Gasteiger partial charge in [-0.25, -0.2) is 12.8 Å². The molecule has 1 aliphatic rings. The molecule has 0 spiro atoms. The lowest BCUT2D eigenvalue weighted by atomic mass is 9.99. The molecule has 4 rings (SSSR count). The van der Waals surface area contributed by atoms with Gasteiger partial charge in [-0.1, -0.05) is 16.8 Å². The van der Waals surface area contributed by atoms with Crippen LogP contribution in [0, 0.1) is 11.7 Å². The third-order valence-electron chi connectivity index (χ3n) is 5.19. The number of nitrogens with one attached hydrogen (secondary N) is 1. The fourth-order valence-electron chi connectivity index (χ4n) is 3.48. The predicted molar refractivity (Wildman–Crippen MR) is 114 cm³/mol. The third-order valence-corrected chi connectivity index (χ3v) is 7.32. The topological polar surface area (TPSA) is 105 Å². The molecule has 0 saturated carbocycles. The fraction of sp³-hybridized carbons (Fsp3) is 0.286. The molecule has 8 nitrogen and oxygen atoms in total. The number of rotatable bonds is 6. The summed E-state index contributed by atoms with van der Waals surface area (Å²) in [7, 11) is -3.81. The normalized spacial score (nSPS) is 17.2. The molecule has 1 saturated heterocycles. The maximum atomic E-state index is 13.1. The molecular formula is C21H20ClFN4O4S. The van der Waals surface area contributed by atoms with E-state index in [1.165, 1.54) is 16.4 Å². The van der Waals surface area contributed by atoms with Crippen LogP contribution in [0.3, 0.4) is 0 Å². The second-order valence-electron chi connectivity index (χ2n) is 7.39. The first-order valence-electron chi connectivity index (χ1n) is 9.95. The minimum atomic E-state index is -3.81. The average molecular weight is 479 g/mol. The van der Waals surface area contributed by atoms with Crippen molar-refractivity contribution in [1.82, 2.24) is 19.8 Å². The van der Waals surface area contributed by atoms with Crippen LogP contribution in [0.4, 0.5) is 4.39 Å². The van der Waals surface area contributed by atoms with E-state index in [-0.39, 0.29) is 29.8 Å². The second-order valence-corrected chi connectivity index (χ2v) is 9.77. The lowest BCUT2D eigenvalue weighted by Crippen LogP contribution is -2.45. The van der Waals surface area contributed by atoms with Crippen molar-refractivity contribution < 1.29 is 22.1 Å². The number of carbonyl (C=O) groups excluding carboxylic acids is 1. The van der Waals surface area contributed by atoms with Crippen LogP contribution < -0.4 is 5.32 Å².